The number of hydrogen-bond acceptors (Lipinski definition) is 5. The molecule has 0 fully saturated rings. The third-order valence-corrected chi connectivity index (χ3v) is 6.12. The summed E-state index contributed by atoms with van der Waals surface area (Å²) in [6.07, 6.45) is 5.50. The number of benzene rings is 1. The van der Waals surface area contributed by atoms with E-state index in [1.54, 1.807) is 34.8 Å². The smallest absolute Gasteiger partial charge is 0.271 e. The van der Waals surface area contributed by atoms with Gasteiger partial charge in [-0.15, -0.1) is 11.3 Å². The van der Waals surface area contributed by atoms with Crippen LogP contribution in [0.2, 0.25) is 0 Å². The second-order valence-corrected chi connectivity index (χ2v) is 7.85. The molecular formula is C20H21N3O3S. The SMILES string of the molecule is COc1ccc(CN(C)C(=O)c2cnc3sc4c(n3c2=O)CCCC4)cc1. The van der Waals surface area contributed by atoms with Gasteiger partial charge in [0, 0.05) is 30.4 Å². The molecular weight excluding hydrogens is 362 g/mol. The molecule has 140 valence electrons. The Morgan fingerprint density at radius 3 is 2.74 bits per heavy atom. The Morgan fingerprint density at radius 2 is 2.00 bits per heavy atom. The lowest BCUT2D eigenvalue weighted by Gasteiger charge is -2.17. The Kier molecular flexibility index (Phi) is 4.70. The van der Waals surface area contributed by atoms with Crippen LogP contribution in [0, 0.1) is 0 Å². The molecule has 27 heavy (non-hydrogen) atoms. The van der Waals surface area contributed by atoms with Crippen LogP contribution < -0.4 is 10.3 Å². The Bertz CT molecular complexity index is 1050. The van der Waals surface area contributed by atoms with Crippen molar-refractivity contribution in [2.75, 3.05) is 14.2 Å². The number of amides is 1. The van der Waals surface area contributed by atoms with Gasteiger partial charge < -0.3 is 9.64 Å². The van der Waals surface area contributed by atoms with E-state index in [0.717, 1.165) is 42.7 Å². The fraction of sp³-hybridized carbons (Fsp3) is 0.350. The summed E-state index contributed by atoms with van der Waals surface area (Å²) in [5.41, 5.74) is 1.86. The lowest BCUT2D eigenvalue weighted by molar-refractivity contribution is 0.0782. The highest BCUT2D eigenvalue weighted by molar-refractivity contribution is 7.17. The van der Waals surface area contributed by atoms with Crippen molar-refractivity contribution in [2.24, 2.45) is 0 Å². The van der Waals surface area contributed by atoms with E-state index in [4.69, 9.17) is 4.74 Å². The van der Waals surface area contributed by atoms with Crippen molar-refractivity contribution in [3.05, 3.63) is 62.5 Å². The molecule has 1 amide bonds. The van der Waals surface area contributed by atoms with Crippen LogP contribution in [-0.2, 0) is 19.4 Å². The van der Waals surface area contributed by atoms with E-state index >= 15 is 0 Å². The van der Waals surface area contributed by atoms with E-state index < -0.39 is 0 Å². The summed E-state index contributed by atoms with van der Waals surface area (Å²) in [6, 6.07) is 7.53. The molecule has 2 heterocycles. The number of methoxy groups -OCH3 is 1. The number of thiazole rings is 1. The van der Waals surface area contributed by atoms with Gasteiger partial charge in [-0.1, -0.05) is 12.1 Å². The largest absolute Gasteiger partial charge is 0.497 e. The van der Waals surface area contributed by atoms with Gasteiger partial charge in [-0.2, -0.15) is 0 Å². The Morgan fingerprint density at radius 1 is 1.26 bits per heavy atom. The lowest BCUT2D eigenvalue weighted by atomic mass is 10.0. The number of nitrogens with zero attached hydrogens (tertiary/aromatic N) is 3. The fourth-order valence-electron chi connectivity index (χ4n) is 3.50. The lowest BCUT2D eigenvalue weighted by Crippen LogP contribution is -2.33. The van der Waals surface area contributed by atoms with Gasteiger partial charge in [-0.25, -0.2) is 4.98 Å². The predicted octanol–water partition coefficient (Wildman–Crippen LogP) is 2.92. The zero-order valence-corrected chi connectivity index (χ0v) is 16.2. The third kappa shape index (κ3) is 3.23. The predicted molar refractivity (Wildman–Crippen MR) is 105 cm³/mol. The standard InChI is InChI=1S/C20H21N3O3S/c1-22(12-13-7-9-14(26-2)10-8-13)18(24)15-11-21-20-23(19(15)25)16-5-3-4-6-17(16)27-20/h7-11H,3-6,12H2,1-2H3. The van der Waals surface area contributed by atoms with Gasteiger partial charge in [0.1, 0.15) is 11.3 Å². The van der Waals surface area contributed by atoms with Gasteiger partial charge in [0.05, 0.1) is 7.11 Å². The minimum Gasteiger partial charge on any atom is -0.497 e. The minimum absolute atomic E-state index is 0.120. The summed E-state index contributed by atoms with van der Waals surface area (Å²) < 4.78 is 6.80. The van der Waals surface area contributed by atoms with E-state index in [0.29, 0.717) is 11.5 Å². The number of rotatable bonds is 4. The second kappa shape index (κ2) is 7.15. The van der Waals surface area contributed by atoms with Crippen molar-refractivity contribution in [1.82, 2.24) is 14.3 Å². The molecule has 1 aromatic carbocycles. The first-order valence-corrected chi connectivity index (χ1v) is 9.81. The maximum Gasteiger partial charge on any atom is 0.271 e. The summed E-state index contributed by atoms with van der Waals surface area (Å²) in [7, 11) is 3.31. The molecule has 0 N–H and O–H groups in total. The van der Waals surface area contributed by atoms with Crippen LogP contribution in [0.3, 0.4) is 0 Å². The summed E-state index contributed by atoms with van der Waals surface area (Å²) in [5.74, 6) is 0.455. The van der Waals surface area contributed by atoms with Crippen LogP contribution in [0.15, 0.2) is 35.3 Å². The highest BCUT2D eigenvalue weighted by atomic mass is 32.1. The van der Waals surface area contributed by atoms with E-state index in [2.05, 4.69) is 4.98 Å². The van der Waals surface area contributed by atoms with Crippen molar-refractivity contribution >= 4 is 22.2 Å². The van der Waals surface area contributed by atoms with Crippen LogP contribution >= 0.6 is 11.3 Å². The fourth-order valence-corrected chi connectivity index (χ4v) is 4.67. The quantitative estimate of drug-likeness (QED) is 0.695. The number of ether oxygens (including phenoxy) is 1. The van der Waals surface area contributed by atoms with Gasteiger partial charge in [0.25, 0.3) is 11.5 Å². The average Bonchev–Trinajstić information content (AvgIpc) is 3.07. The molecule has 0 unspecified atom stereocenters. The highest BCUT2D eigenvalue weighted by Gasteiger charge is 2.23. The van der Waals surface area contributed by atoms with E-state index in [-0.39, 0.29) is 17.0 Å². The van der Waals surface area contributed by atoms with Crippen LogP contribution in [0.4, 0.5) is 0 Å². The first kappa shape index (κ1) is 17.7. The summed E-state index contributed by atoms with van der Waals surface area (Å²) in [6.45, 7) is 0.409. The monoisotopic (exact) mass is 383 g/mol. The Labute approximate surface area is 161 Å². The normalized spacial score (nSPS) is 13.4. The van der Waals surface area contributed by atoms with Crippen molar-refractivity contribution in [1.29, 1.82) is 0 Å². The molecule has 4 rings (SSSR count). The van der Waals surface area contributed by atoms with Crippen molar-refractivity contribution in [3.8, 4) is 5.75 Å². The summed E-state index contributed by atoms with van der Waals surface area (Å²) in [5, 5.41) is 0. The number of carbonyl (C=O) groups excluding carboxylic acids is 1. The molecule has 0 spiro atoms. The molecule has 0 radical (unpaired) electrons. The van der Waals surface area contributed by atoms with Gasteiger partial charge >= 0.3 is 0 Å². The molecule has 0 bridgehead atoms. The number of hydrogen-bond donors (Lipinski definition) is 0. The molecule has 7 heteroatoms. The number of aromatic nitrogens is 2. The van der Waals surface area contributed by atoms with Crippen LogP contribution in [-0.4, -0.2) is 34.3 Å². The maximum atomic E-state index is 13.0. The maximum absolute atomic E-state index is 13.0. The molecule has 0 saturated heterocycles. The van der Waals surface area contributed by atoms with Gasteiger partial charge in [-0.05, 0) is 43.4 Å². The van der Waals surface area contributed by atoms with Crippen molar-refractivity contribution < 1.29 is 9.53 Å². The average molecular weight is 383 g/mol. The van der Waals surface area contributed by atoms with Crippen LogP contribution in [0.1, 0.15) is 39.3 Å². The molecule has 0 saturated carbocycles. The first-order chi connectivity index (χ1) is 13.1. The molecule has 1 aliphatic carbocycles. The topological polar surface area (TPSA) is 63.9 Å². The third-order valence-electron chi connectivity index (χ3n) is 4.96. The molecule has 0 aliphatic heterocycles. The molecule has 2 aromatic heterocycles. The van der Waals surface area contributed by atoms with Crippen molar-refractivity contribution in [3.63, 3.8) is 0 Å². The number of aryl methyl sites for hydroxylation is 2. The zero-order valence-electron chi connectivity index (χ0n) is 15.4. The van der Waals surface area contributed by atoms with Crippen LogP contribution in [0.25, 0.3) is 4.96 Å². The summed E-state index contributed by atoms with van der Waals surface area (Å²) in [4.78, 5) is 33.7. The van der Waals surface area contributed by atoms with Gasteiger partial charge in [0.15, 0.2) is 4.96 Å². The molecule has 0 atom stereocenters. The van der Waals surface area contributed by atoms with Gasteiger partial charge in [-0.3, -0.25) is 14.0 Å². The van der Waals surface area contributed by atoms with Crippen molar-refractivity contribution in [2.45, 2.75) is 32.2 Å². The Hall–Kier alpha value is -2.67. The number of carbonyl (C=O) groups is 1. The van der Waals surface area contributed by atoms with Gasteiger partial charge in [0.2, 0.25) is 0 Å². The Balaban J connectivity index is 1.63. The van der Waals surface area contributed by atoms with E-state index in [1.807, 2.05) is 24.3 Å². The number of fused-ring (bicyclic) bond motifs is 3. The molecule has 3 aromatic rings. The zero-order chi connectivity index (χ0) is 19.0. The van der Waals surface area contributed by atoms with Crippen LogP contribution in [0.5, 0.6) is 5.75 Å². The molecule has 1 aliphatic rings. The van der Waals surface area contributed by atoms with E-state index in [1.165, 1.54) is 11.1 Å². The summed E-state index contributed by atoms with van der Waals surface area (Å²) >= 11 is 1.56. The van der Waals surface area contributed by atoms with E-state index in [9.17, 15) is 9.59 Å². The second-order valence-electron chi connectivity index (χ2n) is 6.78. The first-order valence-electron chi connectivity index (χ1n) is 8.99. The molecule has 6 nitrogen and oxygen atoms in total. The minimum atomic E-state index is -0.312. The highest BCUT2D eigenvalue weighted by Crippen LogP contribution is 2.28.